The third-order valence-electron chi connectivity index (χ3n) is 3.56. The summed E-state index contributed by atoms with van der Waals surface area (Å²) in [4.78, 5) is 36.9. The SMILES string of the molecule is CC(C)(C)C(=O)C=c1sc(=Cc2ccsc2)c(=O)n1CC(=O)NCC(F)(F)F. The second kappa shape index (κ2) is 8.44. The number of ketones is 1. The number of amides is 1. The van der Waals surface area contributed by atoms with Gasteiger partial charge >= 0.3 is 6.18 Å². The lowest BCUT2D eigenvalue weighted by Gasteiger charge is -2.13. The maximum absolute atomic E-state index is 12.7. The van der Waals surface area contributed by atoms with E-state index in [2.05, 4.69) is 0 Å². The van der Waals surface area contributed by atoms with Gasteiger partial charge in [-0.05, 0) is 28.5 Å². The van der Waals surface area contributed by atoms with Crippen molar-refractivity contribution in [2.45, 2.75) is 33.5 Å². The Morgan fingerprint density at radius 1 is 1.25 bits per heavy atom. The van der Waals surface area contributed by atoms with E-state index in [-0.39, 0.29) is 15.0 Å². The minimum atomic E-state index is -4.55. The number of hydrogen-bond acceptors (Lipinski definition) is 5. The molecule has 0 aliphatic heterocycles. The van der Waals surface area contributed by atoms with E-state index in [0.717, 1.165) is 21.5 Å². The molecule has 0 unspecified atom stereocenters. The molecule has 1 N–H and O–H groups in total. The molecule has 2 rings (SSSR count). The standard InChI is InChI=1S/C18H19F3N2O3S2/c1-17(2,3)13(24)7-15-23(8-14(25)22-10-18(19,20)21)16(26)12(28-15)6-11-4-5-27-9-11/h4-7,9H,8,10H2,1-3H3,(H,22,25). The number of rotatable bonds is 5. The van der Waals surface area contributed by atoms with E-state index in [9.17, 15) is 27.6 Å². The monoisotopic (exact) mass is 432 g/mol. The third kappa shape index (κ3) is 6.16. The second-order valence-electron chi connectivity index (χ2n) is 7.05. The predicted octanol–water partition coefficient (Wildman–Crippen LogP) is 1.87. The minimum absolute atomic E-state index is 0.216. The molecule has 0 aliphatic carbocycles. The first-order chi connectivity index (χ1) is 12.9. The third-order valence-corrected chi connectivity index (χ3v) is 5.32. The lowest BCUT2D eigenvalue weighted by Crippen LogP contribution is -2.41. The summed E-state index contributed by atoms with van der Waals surface area (Å²) in [6.07, 6.45) is -1.68. The molecule has 0 spiro atoms. The zero-order valence-corrected chi connectivity index (χ0v) is 17.1. The number of carbonyl (C=O) groups excluding carboxylic acids is 2. The van der Waals surface area contributed by atoms with E-state index in [1.165, 1.54) is 17.4 Å². The van der Waals surface area contributed by atoms with Gasteiger partial charge in [-0.1, -0.05) is 20.8 Å². The average molecular weight is 432 g/mol. The van der Waals surface area contributed by atoms with Crippen LogP contribution in [0.15, 0.2) is 21.6 Å². The summed E-state index contributed by atoms with van der Waals surface area (Å²) >= 11 is 2.46. The highest BCUT2D eigenvalue weighted by Crippen LogP contribution is 2.15. The van der Waals surface area contributed by atoms with Crippen molar-refractivity contribution in [3.63, 3.8) is 0 Å². The molecule has 0 bridgehead atoms. The zero-order valence-electron chi connectivity index (χ0n) is 15.4. The molecule has 0 atom stereocenters. The number of thiophene rings is 1. The summed E-state index contributed by atoms with van der Waals surface area (Å²) in [5.41, 5.74) is -0.460. The minimum Gasteiger partial charge on any atom is -0.345 e. The van der Waals surface area contributed by atoms with Gasteiger partial charge in [0.25, 0.3) is 5.56 Å². The number of thiazole rings is 1. The van der Waals surface area contributed by atoms with E-state index in [1.54, 1.807) is 38.2 Å². The molecule has 2 heterocycles. The fourth-order valence-electron chi connectivity index (χ4n) is 2.03. The molecule has 0 aromatic carbocycles. The van der Waals surface area contributed by atoms with Crippen LogP contribution in [0, 0.1) is 5.41 Å². The van der Waals surface area contributed by atoms with E-state index < -0.39 is 36.1 Å². The number of halogens is 3. The number of alkyl halides is 3. The van der Waals surface area contributed by atoms with Gasteiger partial charge in [0.2, 0.25) is 5.91 Å². The Morgan fingerprint density at radius 2 is 1.93 bits per heavy atom. The maximum atomic E-state index is 12.7. The van der Waals surface area contributed by atoms with Crippen LogP contribution in [-0.4, -0.2) is 29.0 Å². The van der Waals surface area contributed by atoms with Crippen molar-refractivity contribution in [2.24, 2.45) is 5.41 Å². The quantitative estimate of drug-likeness (QED) is 0.785. The highest BCUT2D eigenvalue weighted by molar-refractivity contribution is 7.08. The molecule has 1 amide bonds. The molecule has 0 radical (unpaired) electrons. The van der Waals surface area contributed by atoms with Crippen LogP contribution in [0.25, 0.3) is 12.2 Å². The van der Waals surface area contributed by atoms with Crippen molar-refractivity contribution in [2.75, 3.05) is 6.54 Å². The number of nitrogens with one attached hydrogen (secondary N) is 1. The molecule has 152 valence electrons. The van der Waals surface area contributed by atoms with Crippen molar-refractivity contribution in [3.05, 3.63) is 41.9 Å². The van der Waals surface area contributed by atoms with Gasteiger partial charge in [0.1, 0.15) is 17.8 Å². The average Bonchev–Trinajstić information content (AvgIpc) is 3.16. The Balaban J connectivity index is 2.48. The molecule has 2 aromatic heterocycles. The van der Waals surface area contributed by atoms with E-state index in [4.69, 9.17) is 0 Å². The van der Waals surface area contributed by atoms with Crippen molar-refractivity contribution in [3.8, 4) is 0 Å². The molecule has 0 fully saturated rings. The number of Topliss-reactive ketones (excluding diaryl/α,β-unsaturated/α-hetero) is 1. The lowest BCUT2D eigenvalue weighted by atomic mass is 9.91. The van der Waals surface area contributed by atoms with E-state index in [0.29, 0.717) is 0 Å². The fraction of sp³-hybridized carbons (Fsp3) is 0.389. The first-order valence-electron chi connectivity index (χ1n) is 8.20. The lowest BCUT2D eigenvalue weighted by molar-refractivity contribution is -0.138. The van der Waals surface area contributed by atoms with Gasteiger partial charge in [-0.15, -0.1) is 11.3 Å². The molecule has 0 aliphatic rings. The van der Waals surface area contributed by atoms with Gasteiger partial charge < -0.3 is 5.32 Å². The summed E-state index contributed by atoms with van der Waals surface area (Å²) in [6.45, 7) is 3.02. The Bertz CT molecular complexity index is 1030. The highest BCUT2D eigenvalue weighted by atomic mass is 32.1. The summed E-state index contributed by atoms with van der Waals surface area (Å²) in [6, 6.07) is 1.80. The fourth-order valence-corrected chi connectivity index (χ4v) is 3.69. The Labute approximate surface area is 166 Å². The first-order valence-corrected chi connectivity index (χ1v) is 9.96. The van der Waals surface area contributed by atoms with Crippen molar-refractivity contribution >= 4 is 46.5 Å². The molecule has 10 heteroatoms. The predicted molar refractivity (Wildman–Crippen MR) is 104 cm³/mol. The number of carbonyl (C=O) groups is 2. The zero-order chi connectivity index (χ0) is 21.1. The van der Waals surface area contributed by atoms with Crippen molar-refractivity contribution < 1.29 is 22.8 Å². The molecule has 0 saturated carbocycles. The van der Waals surface area contributed by atoms with Crippen LogP contribution in [0.1, 0.15) is 26.3 Å². The number of nitrogens with zero attached hydrogens (tertiary/aromatic N) is 1. The van der Waals surface area contributed by atoms with Crippen LogP contribution in [-0.2, 0) is 16.1 Å². The van der Waals surface area contributed by atoms with Crippen LogP contribution >= 0.6 is 22.7 Å². The van der Waals surface area contributed by atoms with Crippen LogP contribution in [0.3, 0.4) is 0 Å². The van der Waals surface area contributed by atoms with Crippen molar-refractivity contribution in [1.82, 2.24) is 9.88 Å². The van der Waals surface area contributed by atoms with Gasteiger partial charge in [-0.3, -0.25) is 19.0 Å². The molecular weight excluding hydrogens is 413 g/mol. The topological polar surface area (TPSA) is 68.2 Å². The Morgan fingerprint density at radius 3 is 2.46 bits per heavy atom. The van der Waals surface area contributed by atoms with Gasteiger partial charge in [0.05, 0.1) is 4.53 Å². The smallest absolute Gasteiger partial charge is 0.345 e. The van der Waals surface area contributed by atoms with Gasteiger partial charge in [-0.25, -0.2) is 0 Å². The largest absolute Gasteiger partial charge is 0.405 e. The summed E-state index contributed by atoms with van der Waals surface area (Å²) in [5.74, 6) is -1.22. The van der Waals surface area contributed by atoms with Crippen LogP contribution in [0.5, 0.6) is 0 Å². The van der Waals surface area contributed by atoms with Crippen LogP contribution in [0.4, 0.5) is 13.2 Å². The molecule has 28 heavy (non-hydrogen) atoms. The second-order valence-corrected chi connectivity index (χ2v) is 8.89. The molecular formula is C18H19F3N2O3S2. The molecule has 5 nitrogen and oxygen atoms in total. The summed E-state index contributed by atoms with van der Waals surface area (Å²) < 4.78 is 38.4. The van der Waals surface area contributed by atoms with Gasteiger partial charge in [0.15, 0.2) is 5.78 Å². The Hall–Kier alpha value is -2.20. The summed E-state index contributed by atoms with van der Waals surface area (Å²) in [5, 5.41) is 5.39. The van der Waals surface area contributed by atoms with Gasteiger partial charge in [-0.2, -0.15) is 24.5 Å². The highest BCUT2D eigenvalue weighted by Gasteiger charge is 2.28. The van der Waals surface area contributed by atoms with Crippen LogP contribution < -0.4 is 20.1 Å². The van der Waals surface area contributed by atoms with Gasteiger partial charge in [0, 0.05) is 11.5 Å². The number of hydrogen-bond donors (Lipinski definition) is 1. The van der Waals surface area contributed by atoms with Crippen LogP contribution in [0.2, 0.25) is 0 Å². The Kier molecular flexibility index (Phi) is 6.66. The maximum Gasteiger partial charge on any atom is 0.405 e. The van der Waals surface area contributed by atoms with E-state index in [1.807, 2.05) is 10.8 Å². The van der Waals surface area contributed by atoms with Crippen molar-refractivity contribution in [1.29, 1.82) is 0 Å². The molecule has 2 aromatic rings. The summed E-state index contributed by atoms with van der Waals surface area (Å²) in [7, 11) is 0. The number of aromatic nitrogens is 1. The molecule has 0 saturated heterocycles. The van der Waals surface area contributed by atoms with E-state index >= 15 is 0 Å². The normalized spacial score (nSPS) is 13.8. The first kappa shape index (κ1) is 22.1.